The molecule has 1 aliphatic heterocycles. The molecule has 154 valence electrons. The van der Waals surface area contributed by atoms with Crippen molar-refractivity contribution in [1.29, 1.82) is 0 Å². The molecule has 0 aliphatic carbocycles. The second-order valence-electron chi connectivity index (χ2n) is 7.34. The van der Waals surface area contributed by atoms with Crippen molar-refractivity contribution in [2.75, 3.05) is 26.2 Å². The van der Waals surface area contributed by atoms with Crippen LogP contribution in [0.4, 0.5) is 13.2 Å². The third-order valence-corrected chi connectivity index (χ3v) is 5.41. The maximum absolute atomic E-state index is 13.5. The summed E-state index contributed by atoms with van der Waals surface area (Å²) in [4.78, 5) is 16.6. The van der Waals surface area contributed by atoms with Crippen LogP contribution in [0.2, 0.25) is 0 Å². The van der Waals surface area contributed by atoms with Gasteiger partial charge in [-0.2, -0.15) is 0 Å². The zero-order chi connectivity index (χ0) is 21.1. The number of rotatable bonds is 4. The Morgan fingerprint density at radius 1 is 0.700 bits per heavy atom. The lowest BCUT2D eigenvalue weighted by molar-refractivity contribution is 0.0597. The summed E-state index contributed by atoms with van der Waals surface area (Å²) in [5, 5.41) is 0. The summed E-state index contributed by atoms with van der Waals surface area (Å²) in [7, 11) is 0. The highest BCUT2D eigenvalue weighted by atomic mass is 19.1. The monoisotopic (exact) mass is 410 g/mol. The van der Waals surface area contributed by atoms with Gasteiger partial charge >= 0.3 is 0 Å². The Hall–Kier alpha value is -3.12. The fraction of sp³-hybridized carbons (Fsp3) is 0.208. The molecule has 6 heteroatoms. The standard InChI is InChI=1S/C24H21F3N2O/c25-20-8-4-17(5-9-20)23(18-6-10-21(26)11-7-18)28-12-14-29(15-13-28)24(30)19-2-1-3-22(27)16-19/h1-11,16,23H,12-15H2. The third kappa shape index (κ3) is 4.39. The molecule has 0 atom stereocenters. The summed E-state index contributed by atoms with van der Waals surface area (Å²) in [5.74, 6) is -1.27. The molecule has 1 fully saturated rings. The molecular weight excluding hydrogens is 389 g/mol. The normalized spacial score (nSPS) is 14.9. The van der Waals surface area contributed by atoms with Crippen LogP contribution in [0.25, 0.3) is 0 Å². The zero-order valence-electron chi connectivity index (χ0n) is 16.3. The first-order chi connectivity index (χ1) is 14.5. The van der Waals surface area contributed by atoms with Crippen LogP contribution in [0.15, 0.2) is 72.8 Å². The lowest BCUT2D eigenvalue weighted by atomic mass is 9.96. The number of hydrogen-bond donors (Lipinski definition) is 0. The van der Waals surface area contributed by atoms with Crippen molar-refractivity contribution in [2.24, 2.45) is 0 Å². The van der Waals surface area contributed by atoms with Crippen molar-refractivity contribution in [3.05, 3.63) is 107 Å². The van der Waals surface area contributed by atoms with E-state index in [0.717, 1.165) is 11.1 Å². The molecule has 0 spiro atoms. The van der Waals surface area contributed by atoms with Crippen molar-refractivity contribution >= 4 is 5.91 Å². The van der Waals surface area contributed by atoms with Gasteiger partial charge in [0.2, 0.25) is 0 Å². The highest BCUT2D eigenvalue weighted by molar-refractivity contribution is 5.94. The van der Waals surface area contributed by atoms with Gasteiger partial charge < -0.3 is 4.90 Å². The lowest BCUT2D eigenvalue weighted by Crippen LogP contribution is -2.49. The predicted octanol–water partition coefficient (Wildman–Crippen LogP) is 4.65. The minimum atomic E-state index is -0.438. The molecule has 1 saturated heterocycles. The average molecular weight is 410 g/mol. The second-order valence-corrected chi connectivity index (χ2v) is 7.34. The Morgan fingerprint density at radius 3 is 1.73 bits per heavy atom. The quantitative estimate of drug-likeness (QED) is 0.625. The van der Waals surface area contributed by atoms with Gasteiger partial charge in [-0.1, -0.05) is 30.3 Å². The number of nitrogens with zero attached hydrogens (tertiary/aromatic N) is 2. The maximum Gasteiger partial charge on any atom is 0.254 e. The van der Waals surface area contributed by atoms with Gasteiger partial charge in [-0.15, -0.1) is 0 Å². The molecule has 1 amide bonds. The number of amides is 1. The Labute approximate surface area is 173 Å². The SMILES string of the molecule is O=C(c1cccc(F)c1)N1CCN(C(c2ccc(F)cc2)c2ccc(F)cc2)CC1. The molecule has 0 bridgehead atoms. The number of carbonyl (C=O) groups excluding carboxylic acids is 1. The van der Waals surface area contributed by atoms with Crippen LogP contribution in [-0.4, -0.2) is 41.9 Å². The van der Waals surface area contributed by atoms with Crippen LogP contribution in [-0.2, 0) is 0 Å². The van der Waals surface area contributed by atoms with Crippen LogP contribution in [0.5, 0.6) is 0 Å². The molecule has 0 radical (unpaired) electrons. The number of halogens is 3. The van der Waals surface area contributed by atoms with E-state index in [0.29, 0.717) is 31.7 Å². The topological polar surface area (TPSA) is 23.6 Å². The smallest absolute Gasteiger partial charge is 0.254 e. The molecule has 1 aliphatic rings. The van der Waals surface area contributed by atoms with E-state index in [1.54, 1.807) is 35.2 Å². The van der Waals surface area contributed by atoms with Crippen molar-refractivity contribution < 1.29 is 18.0 Å². The van der Waals surface area contributed by atoms with Gasteiger partial charge in [0.1, 0.15) is 17.5 Å². The molecule has 0 N–H and O–H groups in total. The van der Waals surface area contributed by atoms with E-state index in [1.807, 2.05) is 0 Å². The van der Waals surface area contributed by atoms with E-state index in [9.17, 15) is 18.0 Å². The number of piperazine rings is 1. The Balaban J connectivity index is 1.54. The van der Waals surface area contributed by atoms with Crippen molar-refractivity contribution in [2.45, 2.75) is 6.04 Å². The summed E-state index contributed by atoms with van der Waals surface area (Å²) in [6, 6.07) is 18.1. The predicted molar refractivity (Wildman–Crippen MR) is 109 cm³/mol. The number of hydrogen-bond acceptors (Lipinski definition) is 2. The summed E-state index contributed by atoms with van der Waals surface area (Å²) < 4.78 is 40.3. The van der Waals surface area contributed by atoms with Crippen molar-refractivity contribution in [3.8, 4) is 0 Å². The fourth-order valence-corrected chi connectivity index (χ4v) is 3.89. The molecular formula is C24H21F3N2O. The van der Waals surface area contributed by atoms with E-state index in [2.05, 4.69) is 4.90 Å². The largest absolute Gasteiger partial charge is 0.336 e. The molecule has 3 aromatic carbocycles. The Kier molecular flexibility index (Phi) is 5.86. The fourth-order valence-electron chi connectivity index (χ4n) is 3.89. The van der Waals surface area contributed by atoms with Gasteiger partial charge in [-0.3, -0.25) is 9.69 Å². The van der Waals surface area contributed by atoms with Crippen LogP contribution in [0, 0.1) is 17.5 Å². The first-order valence-corrected chi connectivity index (χ1v) is 9.81. The van der Waals surface area contributed by atoms with E-state index >= 15 is 0 Å². The minimum absolute atomic E-state index is 0.183. The molecule has 0 unspecified atom stereocenters. The summed E-state index contributed by atoms with van der Waals surface area (Å²) >= 11 is 0. The number of carbonyl (C=O) groups is 1. The maximum atomic E-state index is 13.5. The highest BCUT2D eigenvalue weighted by Gasteiger charge is 2.28. The Morgan fingerprint density at radius 2 is 1.23 bits per heavy atom. The summed E-state index contributed by atoms with van der Waals surface area (Å²) in [6.07, 6.45) is 0. The lowest BCUT2D eigenvalue weighted by Gasteiger charge is -2.39. The van der Waals surface area contributed by atoms with Gasteiger partial charge in [0.05, 0.1) is 6.04 Å². The van der Waals surface area contributed by atoms with Crippen molar-refractivity contribution in [1.82, 2.24) is 9.80 Å². The molecule has 30 heavy (non-hydrogen) atoms. The van der Waals surface area contributed by atoms with Gasteiger partial charge in [0, 0.05) is 31.7 Å². The van der Waals surface area contributed by atoms with Crippen molar-refractivity contribution in [3.63, 3.8) is 0 Å². The van der Waals surface area contributed by atoms with Gasteiger partial charge in [-0.05, 0) is 53.6 Å². The average Bonchev–Trinajstić information content (AvgIpc) is 2.76. The molecule has 1 heterocycles. The van der Waals surface area contributed by atoms with E-state index < -0.39 is 5.82 Å². The summed E-state index contributed by atoms with van der Waals surface area (Å²) in [6.45, 7) is 2.13. The number of benzene rings is 3. The van der Waals surface area contributed by atoms with Gasteiger partial charge in [0.25, 0.3) is 5.91 Å². The van der Waals surface area contributed by atoms with E-state index in [-0.39, 0.29) is 23.6 Å². The van der Waals surface area contributed by atoms with Crippen LogP contribution < -0.4 is 0 Å². The molecule has 0 aromatic heterocycles. The van der Waals surface area contributed by atoms with Crippen LogP contribution >= 0.6 is 0 Å². The van der Waals surface area contributed by atoms with Crippen LogP contribution in [0.1, 0.15) is 27.5 Å². The van der Waals surface area contributed by atoms with E-state index in [1.165, 1.54) is 42.5 Å². The first kappa shape index (κ1) is 20.2. The molecule has 3 aromatic rings. The Bertz CT molecular complexity index is 968. The molecule has 4 rings (SSSR count). The highest BCUT2D eigenvalue weighted by Crippen LogP contribution is 2.30. The zero-order valence-corrected chi connectivity index (χ0v) is 16.3. The van der Waals surface area contributed by atoms with E-state index in [4.69, 9.17) is 0 Å². The molecule has 3 nitrogen and oxygen atoms in total. The van der Waals surface area contributed by atoms with Crippen LogP contribution in [0.3, 0.4) is 0 Å². The summed E-state index contributed by atoms with van der Waals surface area (Å²) in [5.41, 5.74) is 2.12. The minimum Gasteiger partial charge on any atom is -0.336 e. The van der Waals surface area contributed by atoms with Gasteiger partial charge in [0.15, 0.2) is 0 Å². The van der Waals surface area contributed by atoms with Gasteiger partial charge in [-0.25, -0.2) is 13.2 Å². The third-order valence-electron chi connectivity index (χ3n) is 5.41. The molecule has 0 saturated carbocycles. The first-order valence-electron chi connectivity index (χ1n) is 9.81. The second kappa shape index (κ2) is 8.71.